The molecule has 0 saturated carbocycles. The summed E-state index contributed by atoms with van der Waals surface area (Å²) in [7, 11) is 0. The van der Waals surface area contributed by atoms with Crippen molar-refractivity contribution < 1.29 is 9.21 Å². The lowest BCUT2D eigenvalue weighted by Crippen LogP contribution is -2.00. The maximum Gasteiger partial charge on any atom is 0.193 e. The van der Waals surface area contributed by atoms with Gasteiger partial charge in [-0.1, -0.05) is 54.1 Å². The lowest BCUT2D eigenvalue weighted by Gasteiger charge is -2.02. The van der Waals surface area contributed by atoms with Crippen LogP contribution in [0.25, 0.3) is 21.9 Å². The monoisotopic (exact) mass is 286 g/mol. The topological polar surface area (TPSA) is 30.2 Å². The van der Waals surface area contributed by atoms with Crippen LogP contribution in [0, 0.1) is 6.92 Å². The lowest BCUT2D eigenvalue weighted by molar-refractivity contribution is 0.103. The minimum atomic E-state index is 0.0161. The molecule has 1 aromatic heterocycles. The molecule has 106 valence electrons. The number of fused-ring (bicyclic) bond motifs is 3. The average molecular weight is 286 g/mol. The van der Waals surface area contributed by atoms with E-state index < -0.39 is 0 Å². The number of hydrogen-bond acceptors (Lipinski definition) is 2. The minimum absolute atomic E-state index is 0.0161. The van der Waals surface area contributed by atoms with Gasteiger partial charge in [-0.2, -0.15) is 0 Å². The summed E-state index contributed by atoms with van der Waals surface area (Å²) in [5.74, 6) is 0.0161. The zero-order chi connectivity index (χ0) is 15.1. The van der Waals surface area contributed by atoms with E-state index in [0.29, 0.717) is 11.1 Å². The lowest BCUT2D eigenvalue weighted by atomic mass is 10.0. The van der Waals surface area contributed by atoms with Crippen molar-refractivity contribution in [3.05, 3.63) is 83.4 Å². The van der Waals surface area contributed by atoms with Crippen molar-refractivity contribution in [1.82, 2.24) is 0 Å². The third kappa shape index (κ3) is 2.01. The van der Waals surface area contributed by atoms with Gasteiger partial charge in [-0.15, -0.1) is 0 Å². The fourth-order valence-corrected chi connectivity index (χ4v) is 2.74. The van der Waals surface area contributed by atoms with E-state index in [1.807, 2.05) is 73.7 Å². The smallest absolute Gasteiger partial charge is 0.193 e. The number of para-hydroxylation sites is 1. The Kier molecular flexibility index (Phi) is 2.83. The molecule has 0 unspecified atom stereocenters. The maximum absolute atomic E-state index is 12.6. The Morgan fingerprint density at radius 2 is 1.45 bits per heavy atom. The summed E-state index contributed by atoms with van der Waals surface area (Å²) in [5.41, 5.74) is 4.08. The normalized spacial score (nSPS) is 11.1. The number of ketones is 1. The van der Waals surface area contributed by atoms with Gasteiger partial charge >= 0.3 is 0 Å². The number of rotatable bonds is 2. The molecule has 0 fully saturated rings. The highest BCUT2D eigenvalue weighted by Crippen LogP contribution is 2.29. The van der Waals surface area contributed by atoms with Crippen molar-refractivity contribution in [3.63, 3.8) is 0 Å². The first-order valence-electron chi connectivity index (χ1n) is 7.25. The number of benzene rings is 3. The second-order valence-electron chi connectivity index (χ2n) is 5.50. The van der Waals surface area contributed by atoms with Gasteiger partial charge < -0.3 is 4.42 Å². The zero-order valence-corrected chi connectivity index (χ0v) is 12.2. The molecule has 2 heteroatoms. The molecule has 0 radical (unpaired) electrons. The van der Waals surface area contributed by atoms with Gasteiger partial charge in [0, 0.05) is 21.9 Å². The molecule has 0 bridgehead atoms. The molecule has 4 rings (SSSR count). The van der Waals surface area contributed by atoms with Crippen molar-refractivity contribution in [3.8, 4) is 0 Å². The largest absolute Gasteiger partial charge is 0.456 e. The molecule has 0 aliphatic heterocycles. The van der Waals surface area contributed by atoms with Crippen LogP contribution in [0.3, 0.4) is 0 Å². The number of aryl methyl sites for hydroxylation is 1. The highest BCUT2D eigenvalue weighted by Gasteiger charge is 2.12. The first-order chi connectivity index (χ1) is 10.7. The number of carbonyl (C=O) groups excluding carboxylic acids is 1. The summed E-state index contributed by atoms with van der Waals surface area (Å²) in [5, 5.41) is 2.11. The molecule has 0 spiro atoms. The second-order valence-corrected chi connectivity index (χ2v) is 5.50. The Morgan fingerprint density at radius 3 is 2.27 bits per heavy atom. The SMILES string of the molecule is Cc1ccc(C(=O)c2ccc3c(c2)oc2ccccc23)cc1. The highest BCUT2D eigenvalue weighted by atomic mass is 16.3. The van der Waals surface area contributed by atoms with Gasteiger partial charge in [-0.25, -0.2) is 0 Å². The Bertz CT molecular complexity index is 991. The van der Waals surface area contributed by atoms with Gasteiger partial charge in [0.25, 0.3) is 0 Å². The van der Waals surface area contributed by atoms with Crippen LogP contribution in [0.5, 0.6) is 0 Å². The van der Waals surface area contributed by atoms with Crippen LogP contribution < -0.4 is 0 Å². The third-order valence-corrected chi connectivity index (χ3v) is 3.95. The second kappa shape index (κ2) is 4.85. The van der Waals surface area contributed by atoms with E-state index in [9.17, 15) is 4.79 Å². The summed E-state index contributed by atoms with van der Waals surface area (Å²) in [4.78, 5) is 12.6. The predicted molar refractivity (Wildman–Crippen MR) is 88.3 cm³/mol. The molecular formula is C20H14O2. The minimum Gasteiger partial charge on any atom is -0.456 e. The maximum atomic E-state index is 12.6. The number of hydrogen-bond donors (Lipinski definition) is 0. The van der Waals surface area contributed by atoms with Crippen LogP contribution in [0.2, 0.25) is 0 Å². The first-order valence-corrected chi connectivity index (χ1v) is 7.25. The van der Waals surface area contributed by atoms with Crippen molar-refractivity contribution >= 4 is 27.7 Å². The zero-order valence-electron chi connectivity index (χ0n) is 12.2. The van der Waals surface area contributed by atoms with E-state index in [2.05, 4.69) is 0 Å². The van der Waals surface area contributed by atoms with Crippen LogP contribution in [-0.4, -0.2) is 5.78 Å². The molecule has 0 amide bonds. The molecule has 22 heavy (non-hydrogen) atoms. The van der Waals surface area contributed by atoms with Gasteiger partial charge in [-0.05, 0) is 25.1 Å². The van der Waals surface area contributed by atoms with Gasteiger partial charge in [0.2, 0.25) is 0 Å². The van der Waals surface area contributed by atoms with Crippen LogP contribution in [0.1, 0.15) is 21.5 Å². The highest BCUT2D eigenvalue weighted by molar-refractivity contribution is 6.12. The van der Waals surface area contributed by atoms with E-state index in [-0.39, 0.29) is 5.78 Å². The van der Waals surface area contributed by atoms with E-state index >= 15 is 0 Å². The fourth-order valence-electron chi connectivity index (χ4n) is 2.74. The molecule has 0 aliphatic carbocycles. The van der Waals surface area contributed by atoms with Crippen LogP contribution >= 0.6 is 0 Å². The Balaban J connectivity index is 1.83. The summed E-state index contributed by atoms with van der Waals surface area (Å²) < 4.78 is 5.85. The van der Waals surface area contributed by atoms with E-state index in [0.717, 1.165) is 27.5 Å². The van der Waals surface area contributed by atoms with Gasteiger partial charge in [0.1, 0.15) is 11.2 Å². The van der Waals surface area contributed by atoms with Gasteiger partial charge in [0.15, 0.2) is 5.78 Å². The Hall–Kier alpha value is -2.87. The Morgan fingerprint density at radius 1 is 0.773 bits per heavy atom. The summed E-state index contributed by atoms with van der Waals surface area (Å²) in [6, 6.07) is 21.2. The molecule has 0 atom stereocenters. The van der Waals surface area contributed by atoms with Gasteiger partial charge in [-0.3, -0.25) is 4.79 Å². The summed E-state index contributed by atoms with van der Waals surface area (Å²) >= 11 is 0. The number of furan rings is 1. The Labute approximate surface area is 128 Å². The quantitative estimate of drug-likeness (QED) is 0.478. The molecular weight excluding hydrogens is 272 g/mol. The van der Waals surface area contributed by atoms with Crippen molar-refractivity contribution in [2.24, 2.45) is 0 Å². The van der Waals surface area contributed by atoms with Gasteiger partial charge in [0.05, 0.1) is 0 Å². The van der Waals surface area contributed by atoms with Crippen molar-refractivity contribution in [2.45, 2.75) is 6.92 Å². The fraction of sp³-hybridized carbons (Fsp3) is 0.0500. The molecule has 1 heterocycles. The van der Waals surface area contributed by atoms with Crippen molar-refractivity contribution in [1.29, 1.82) is 0 Å². The molecule has 0 saturated heterocycles. The molecule has 3 aromatic carbocycles. The first kappa shape index (κ1) is 12.8. The molecule has 0 N–H and O–H groups in total. The molecule has 2 nitrogen and oxygen atoms in total. The van der Waals surface area contributed by atoms with Crippen molar-refractivity contribution in [2.75, 3.05) is 0 Å². The van der Waals surface area contributed by atoms with E-state index in [1.165, 1.54) is 0 Å². The summed E-state index contributed by atoms with van der Waals surface area (Å²) in [6.07, 6.45) is 0. The van der Waals surface area contributed by atoms with E-state index in [4.69, 9.17) is 4.42 Å². The van der Waals surface area contributed by atoms with E-state index in [1.54, 1.807) is 0 Å². The number of carbonyl (C=O) groups is 1. The van der Waals surface area contributed by atoms with Crippen LogP contribution in [-0.2, 0) is 0 Å². The average Bonchev–Trinajstić information content (AvgIpc) is 2.92. The van der Waals surface area contributed by atoms with Crippen LogP contribution in [0.15, 0.2) is 71.1 Å². The predicted octanol–water partition coefficient (Wildman–Crippen LogP) is 5.13. The van der Waals surface area contributed by atoms with Crippen LogP contribution in [0.4, 0.5) is 0 Å². The third-order valence-electron chi connectivity index (χ3n) is 3.95. The standard InChI is InChI=1S/C20H14O2/c1-13-6-8-14(9-7-13)20(21)15-10-11-17-16-4-2-3-5-18(16)22-19(17)12-15/h2-12H,1H3. The molecule has 4 aromatic rings. The molecule has 0 aliphatic rings. The summed E-state index contributed by atoms with van der Waals surface area (Å²) in [6.45, 7) is 2.01.